The van der Waals surface area contributed by atoms with Crippen LogP contribution in [0.2, 0.25) is 0 Å². The highest BCUT2D eigenvalue weighted by Crippen LogP contribution is 2.26. The number of aliphatic hydroxyl groups excluding tert-OH is 1. The summed E-state index contributed by atoms with van der Waals surface area (Å²) in [6, 6.07) is 0. The maximum absolute atomic E-state index is 11.6. The molecule has 0 spiro atoms. The second kappa shape index (κ2) is 6.70. The average Bonchev–Trinajstić information content (AvgIpc) is 2.92. The Balaban J connectivity index is 2.04. The van der Waals surface area contributed by atoms with Crippen LogP contribution in [0.4, 0.5) is 0 Å². The molecule has 1 aromatic heterocycles. The van der Waals surface area contributed by atoms with Gasteiger partial charge in [-0.05, 0) is 19.3 Å². The van der Waals surface area contributed by atoms with E-state index in [2.05, 4.69) is 16.5 Å². The molecule has 0 saturated carbocycles. The van der Waals surface area contributed by atoms with Crippen molar-refractivity contribution in [3.8, 4) is 0 Å². The maximum Gasteiger partial charge on any atom is 0.248 e. The molecule has 0 radical (unpaired) electrons. The van der Waals surface area contributed by atoms with Gasteiger partial charge in [0.1, 0.15) is 12.4 Å². The Kier molecular flexibility index (Phi) is 4.96. The third-order valence-electron chi connectivity index (χ3n) is 3.77. The van der Waals surface area contributed by atoms with E-state index < -0.39 is 6.61 Å². The molecular formula is C14H23N3O2. The number of carbonyl (C=O) groups excluding carboxylic acids is 1. The van der Waals surface area contributed by atoms with Crippen LogP contribution in [0, 0.1) is 0 Å². The number of aryl methyl sites for hydroxylation is 1. The molecule has 0 aromatic carbocycles. The summed E-state index contributed by atoms with van der Waals surface area (Å²) < 4.78 is 2.21. The number of rotatable bonds is 5. The van der Waals surface area contributed by atoms with Crippen LogP contribution in [0.5, 0.6) is 0 Å². The van der Waals surface area contributed by atoms with E-state index in [-0.39, 0.29) is 5.91 Å². The summed E-state index contributed by atoms with van der Waals surface area (Å²) in [6.45, 7) is 4.22. The lowest BCUT2D eigenvalue weighted by molar-refractivity contribution is -0.135. The Bertz CT molecular complexity index is 417. The largest absolute Gasteiger partial charge is 0.387 e. The zero-order chi connectivity index (χ0) is 13.7. The van der Waals surface area contributed by atoms with Gasteiger partial charge in [-0.1, -0.05) is 13.3 Å². The molecule has 1 aliphatic rings. The van der Waals surface area contributed by atoms with Gasteiger partial charge in [0.15, 0.2) is 0 Å². The van der Waals surface area contributed by atoms with Gasteiger partial charge in [-0.3, -0.25) is 4.79 Å². The molecule has 5 heteroatoms. The number of hydrogen-bond acceptors (Lipinski definition) is 3. The lowest BCUT2D eigenvalue weighted by Gasteiger charge is -2.32. The molecule has 19 heavy (non-hydrogen) atoms. The number of hydrogen-bond donors (Lipinski definition) is 1. The number of carbonyl (C=O) groups is 1. The smallest absolute Gasteiger partial charge is 0.248 e. The zero-order valence-corrected chi connectivity index (χ0v) is 11.6. The average molecular weight is 265 g/mol. The minimum absolute atomic E-state index is 0.170. The summed E-state index contributed by atoms with van der Waals surface area (Å²) in [7, 11) is 0. The van der Waals surface area contributed by atoms with Gasteiger partial charge in [-0.2, -0.15) is 0 Å². The maximum atomic E-state index is 11.6. The van der Waals surface area contributed by atoms with Crippen LogP contribution in [0.15, 0.2) is 12.4 Å². The molecule has 1 N–H and O–H groups in total. The van der Waals surface area contributed by atoms with Gasteiger partial charge in [0.05, 0.1) is 0 Å². The standard InChI is InChI=1S/C14H23N3O2/c1-2-3-7-16-9-6-15-14(16)12-5-4-8-17(10-12)13(19)11-18/h6,9,12,18H,2-5,7-8,10-11H2,1H3/t12-/m1/s1. The minimum Gasteiger partial charge on any atom is -0.387 e. The van der Waals surface area contributed by atoms with Crippen molar-refractivity contribution >= 4 is 5.91 Å². The van der Waals surface area contributed by atoms with Gasteiger partial charge in [-0.25, -0.2) is 4.98 Å². The van der Waals surface area contributed by atoms with Crippen molar-refractivity contribution in [2.24, 2.45) is 0 Å². The molecule has 2 rings (SSSR count). The zero-order valence-electron chi connectivity index (χ0n) is 11.6. The highest BCUT2D eigenvalue weighted by molar-refractivity contribution is 5.77. The summed E-state index contributed by atoms with van der Waals surface area (Å²) in [5.74, 6) is 1.22. The summed E-state index contributed by atoms with van der Waals surface area (Å²) in [5.41, 5.74) is 0. The van der Waals surface area contributed by atoms with Crippen LogP contribution < -0.4 is 0 Å². The van der Waals surface area contributed by atoms with Crippen molar-refractivity contribution < 1.29 is 9.90 Å². The molecule has 106 valence electrons. The van der Waals surface area contributed by atoms with Crippen LogP contribution in [0.3, 0.4) is 0 Å². The van der Waals surface area contributed by atoms with Gasteiger partial charge >= 0.3 is 0 Å². The molecular weight excluding hydrogens is 242 g/mol. The Morgan fingerprint density at radius 1 is 1.58 bits per heavy atom. The normalized spacial score (nSPS) is 19.7. The first-order valence-corrected chi connectivity index (χ1v) is 7.16. The number of aliphatic hydroxyl groups is 1. The number of imidazole rings is 1. The van der Waals surface area contributed by atoms with Gasteiger partial charge in [0, 0.05) is 37.9 Å². The second-order valence-corrected chi connectivity index (χ2v) is 5.17. The Hall–Kier alpha value is -1.36. The van der Waals surface area contributed by atoms with Gasteiger partial charge in [0.25, 0.3) is 0 Å². The van der Waals surface area contributed by atoms with Crippen molar-refractivity contribution in [3.63, 3.8) is 0 Å². The van der Waals surface area contributed by atoms with E-state index >= 15 is 0 Å². The third kappa shape index (κ3) is 3.35. The Morgan fingerprint density at radius 2 is 2.42 bits per heavy atom. The number of amides is 1. The van der Waals surface area contributed by atoms with E-state index in [4.69, 9.17) is 5.11 Å². The van der Waals surface area contributed by atoms with E-state index in [1.807, 2.05) is 12.4 Å². The van der Waals surface area contributed by atoms with Crippen molar-refractivity contribution in [1.82, 2.24) is 14.5 Å². The molecule has 1 fully saturated rings. The Morgan fingerprint density at radius 3 is 3.16 bits per heavy atom. The van der Waals surface area contributed by atoms with E-state index in [0.29, 0.717) is 12.5 Å². The lowest BCUT2D eigenvalue weighted by atomic mass is 9.97. The summed E-state index contributed by atoms with van der Waals surface area (Å²) in [4.78, 5) is 17.8. The first kappa shape index (κ1) is 14.1. The van der Waals surface area contributed by atoms with Crippen LogP contribution >= 0.6 is 0 Å². The quantitative estimate of drug-likeness (QED) is 0.875. The van der Waals surface area contributed by atoms with Crippen LogP contribution in [0.25, 0.3) is 0 Å². The number of piperidine rings is 1. The summed E-state index contributed by atoms with van der Waals surface area (Å²) in [6.07, 6.45) is 8.23. The summed E-state index contributed by atoms with van der Waals surface area (Å²) in [5, 5.41) is 8.96. The molecule has 2 heterocycles. The van der Waals surface area contributed by atoms with Crippen molar-refractivity contribution in [2.45, 2.75) is 45.1 Å². The summed E-state index contributed by atoms with van der Waals surface area (Å²) >= 11 is 0. The molecule has 1 aliphatic heterocycles. The van der Waals surface area contributed by atoms with Crippen LogP contribution in [0.1, 0.15) is 44.3 Å². The van der Waals surface area contributed by atoms with Crippen LogP contribution in [-0.4, -0.2) is 45.2 Å². The predicted octanol–water partition coefficient (Wildman–Crippen LogP) is 1.38. The third-order valence-corrected chi connectivity index (χ3v) is 3.77. The van der Waals surface area contributed by atoms with E-state index in [9.17, 15) is 4.79 Å². The fourth-order valence-corrected chi connectivity index (χ4v) is 2.71. The number of likely N-dealkylation sites (tertiary alicyclic amines) is 1. The number of aromatic nitrogens is 2. The van der Waals surface area contributed by atoms with Gasteiger partial charge in [-0.15, -0.1) is 0 Å². The minimum atomic E-state index is -0.392. The first-order chi connectivity index (χ1) is 9.26. The number of nitrogens with zero attached hydrogens (tertiary/aromatic N) is 3. The van der Waals surface area contributed by atoms with Gasteiger partial charge < -0.3 is 14.6 Å². The van der Waals surface area contributed by atoms with Gasteiger partial charge in [0.2, 0.25) is 5.91 Å². The molecule has 0 bridgehead atoms. The molecule has 1 saturated heterocycles. The molecule has 1 aromatic rings. The first-order valence-electron chi connectivity index (χ1n) is 7.16. The van der Waals surface area contributed by atoms with E-state index in [1.165, 1.54) is 0 Å². The lowest BCUT2D eigenvalue weighted by Crippen LogP contribution is -2.41. The predicted molar refractivity (Wildman–Crippen MR) is 72.8 cm³/mol. The van der Waals surface area contributed by atoms with E-state index in [1.54, 1.807) is 4.90 Å². The highest BCUT2D eigenvalue weighted by atomic mass is 16.3. The highest BCUT2D eigenvalue weighted by Gasteiger charge is 2.26. The molecule has 0 unspecified atom stereocenters. The second-order valence-electron chi connectivity index (χ2n) is 5.17. The SMILES string of the molecule is CCCCn1ccnc1[C@@H]1CCCN(C(=O)CO)C1. The van der Waals surface area contributed by atoms with E-state index in [0.717, 1.165) is 44.6 Å². The van der Waals surface area contributed by atoms with Crippen molar-refractivity contribution in [2.75, 3.05) is 19.7 Å². The van der Waals surface area contributed by atoms with Crippen molar-refractivity contribution in [1.29, 1.82) is 0 Å². The topological polar surface area (TPSA) is 58.4 Å². The van der Waals surface area contributed by atoms with Crippen molar-refractivity contribution in [3.05, 3.63) is 18.2 Å². The fraction of sp³-hybridized carbons (Fsp3) is 0.714. The monoisotopic (exact) mass is 265 g/mol. The molecule has 1 atom stereocenters. The molecule has 5 nitrogen and oxygen atoms in total. The molecule has 0 aliphatic carbocycles. The van der Waals surface area contributed by atoms with Crippen LogP contribution in [-0.2, 0) is 11.3 Å². The number of unbranched alkanes of at least 4 members (excludes halogenated alkanes) is 1. The Labute approximate surface area is 114 Å². The molecule has 1 amide bonds. The fourth-order valence-electron chi connectivity index (χ4n) is 2.71.